The third-order valence-corrected chi connectivity index (χ3v) is 8.40. The van der Waals surface area contributed by atoms with Gasteiger partial charge in [-0.3, -0.25) is 9.59 Å². The van der Waals surface area contributed by atoms with Gasteiger partial charge in [-0.2, -0.15) is 0 Å². The number of fused-ring (bicyclic) bond motifs is 3. The summed E-state index contributed by atoms with van der Waals surface area (Å²) in [5.74, 6) is -2.22. The van der Waals surface area contributed by atoms with Crippen molar-refractivity contribution in [1.82, 2.24) is 20.5 Å². The number of amides is 3. The number of nitrogens with zero attached hydrogens (tertiary/aromatic N) is 2. The van der Waals surface area contributed by atoms with Gasteiger partial charge in [-0.05, 0) is 48.8 Å². The molecule has 11 nitrogen and oxygen atoms in total. The molecule has 3 N–H and O–H groups in total. The number of allylic oxidation sites excluding steroid dienone is 1. The minimum Gasteiger partial charge on any atom is -0.479 e. The van der Waals surface area contributed by atoms with Crippen molar-refractivity contribution in [1.29, 1.82) is 0 Å². The zero-order chi connectivity index (χ0) is 30.6. The summed E-state index contributed by atoms with van der Waals surface area (Å²) < 4.78 is 11.7. The van der Waals surface area contributed by atoms with Crippen LogP contribution in [-0.2, 0) is 19.1 Å². The number of aliphatic carboxylic acids is 1. The number of benzene rings is 1. The quantitative estimate of drug-likeness (QED) is 0.413. The monoisotopic (exact) mass is 590 g/mol. The average Bonchev–Trinajstić information content (AvgIpc) is 3.56. The second-order valence-corrected chi connectivity index (χ2v) is 11.4. The molecule has 3 amide bonds. The lowest BCUT2D eigenvalue weighted by Gasteiger charge is -2.29. The summed E-state index contributed by atoms with van der Waals surface area (Å²) in [5, 5.41) is 17.0. The molecular weight excluding hydrogens is 552 g/mol. The summed E-state index contributed by atoms with van der Waals surface area (Å²) in [6.45, 7) is 5.90. The first-order valence-electron chi connectivity index (χ1n) is 14.9. The Morgan fingerprint density at radius 2 is 2.14 bits per heavy atom. The third-order valence-electron chi connectivity index (χ3n) is 8.40. The van der Waals surface area contributed by atoms with E-state index in [-0.39, 0.29) is 26.0 Å². The molecule has 5 atom stereocenters. The zero-order valence-corrected chi connectivity index (χ0v) is 24.3. The maximum Gasteiger partial charge on any atom is 0.407 e. The van der Waals surface area contributed by atoms with E-state index < -0.39 is 53.5 Å². The molecule has 1 saturated carbocycles. The maximum absolute atomic E-state index is 14.0. The number of rotatable bonds is 7. The molecule has 228 valence electrons. The lowest BCUT2D eigenvalue weighted by Crippen LogP contribution is -2.56. The van der Waals surface area contributed by atoms with E-state index in [1.807, 2.05) is 43.3 Å². The number of hydrogen-bond acceptors (Lipinski definition) is 7. The van der Waals surface area contributed by atoms with Gasteiger partial charge >= 0.3 is 12.1 Å². The van der Waals surface area contributed by atoms with Crippen molar-refractivity contribution in [3.8, 4) is 5.88 Å². The Kier molecular flexibility index (Phi) is 8.98. The fourth-order valence-corrected chi connectivity index (χ4v) is 5.84. The molecule has 1 aliphatic carbocycles. The number of carbonyl (C=O) groups excluding carboxylic acids is 3. The van der Waals surface area contributed by atoms with Crippen molar-refractivity contribution >= 4 is 40.7 Å². The van der Waals surface area contributed by atoms with Crippen molar-refractivity contribution in [2.24, 2.45) is 5.92 Å². The SMILES string of the molecule is C=C[C@@H]1C[C@]1(NC(=O)[C@@H]1C[C@@H]2CN1C(=O)[C@H](CCCC)NC(=O)OCCC/C=C/c1ccc3ccnc(c3c1)O2)C(=O)O. The fourth-order valence-electron chi connectivity index (χ4n) is 5.84. The molecule has 1 saturated heterocycles. The summed E-state index contributed by atoms with van der Waals surface area (Å²) in [4.78, 5) is 58.3. The van der Waals surface area contributed by atoms with Gasteiger partial charge in [0.15, 0.2) is 0 Å². The Balaban J connectivity index is 1.49. The number of carbonyl (C=O) groups is 4. The van der Waals surface area contributed by atoms with E-state index in [1.165, 1.54) is 11.0 Å². The number of nitrogens with one attached hydrogen (secondary N) is 2. The van der Waals surface area contributed by atoms with Crippen LogP contribution in [0.4, 0.5) is 4.79 Å². The molecule has 2 aromatic rings. The van der Waals surface area contributed by atoms with Crippen molar-refractivity contribution in [2.45, 2.75) is 75.6 Å². The van der Waals surface area contributed by atoms with Crippen LogP contribution < -0.4 is 15.4 Å². The Hall–Kier alpha value is -4.41. The number of ether oxygens (including phenoxy) is 2. The first-order valence-corrected chi connectivity index (χ1v) is 14.9. The Bertz CT molecular complexity index is 1440. The molecule has 0 radical (unpaired) electrons. The fraction of sp³-hybridized carbons (Fsp3) is 0.469. The van der Waals surface area contributed by atoms with E-state index in [0.717, 1.165) is 22.8 Å². The number of carboxylic acids is 1. The number of unbranched alkanes of at least 4 members (excludes halogenated alkanes) is 1. The molecule has 1 aromatic heterocycles. The predicted octanol–water partition coefficient (Wildman–Crippen LogP) is 3.82. The first-order chi connectivity index (χ1) is 20.8. The van der Waals surface area contributed by atoms with Gasteiger partial charge in [0.25, 0.3) is 0 Å². The predicted molar refractivity (Wildman–Crippen MR) is 159 cm³/mol. The Morgan fingerprint density at radius 3 is 2.88 bits per heavy atom. The summed E-state index contributed by atoms with van der Waals surface area (Å²) in [6, 6.07) is 5.89. The highest BCUT2D eigenvalue weighted by Gasteiger charge is 2.61. The van der Waals surface area contributed by atoms with Crippen LogP contribution in [0.15, 0.2) is 49.2 Å². The highest BCUT2D eigenvalue weighted by Crippen LogP contribution is 2.45. The summed E-state index contributed by atoms with van der Waals surface area (Å²) in [6.07, 6.45) is 9.31. The topological polar surface area (TPSA) is 147 Å². The number of aromatic nitrogens is 1. The van der Waals surface area contributed by atoms with Gasteiger partial charge < -0.3 is 30.1 Å². The molecule has 4 bridgehead atoms. The van der Waals surface area contributed by atoms with Gasteiger partial charge in [0.2, 0.25) is 17.7 Å². The van der Waals surface area contributed by atoms with Crippen LogP contribution >= 0.6 is 0 Å². The molecule has 3 heterocycles. The number of hydrogen-bond donors (Lipinski definition) is 3. The highest BCUT2D eigenvalue weighted by molar-refractivity contribution is 5.96. The third kappa shape index (κ3) is 6.50. The molecular formula is C32H38N4O7. The average molecular weight is 591 g/mol. The normalized spacial score (nSPS) is 28.2. The van der Waals surface area contributed by atoms with Crippen molar-refractivity contribution in [3.63, 3.8) is 0 Å². The zero-order valence-electron chi connectivity index (χ0n) is 24.3. The minimum atomic E-state index is -1.45. The van der Waals surface area contributed by atoms with E-state index in [4.69, 9.17) is 9.47 Å². The van der Waals surface area contributed by atoms with Gasteiger partial charge in [0.05, 0.1) is 13.2 Å². The van der Waals surface area contributed by atoms with Gasteiger partial charge in [-0.15, -0.1) is 6.58 Å². The van der Waals surface area contributed by atoms with Gasteiger partial charge in [0.1, 0.15) is 23.7 Å². The van der Waals surface area contributed by atoms with Gasteiger partial charge in [-0.1, -0.05) is 50.1 Å². The molecule has 3 aliphatic rings. The lowest BCUT2D eigenvalue weighted by atomic mass is 10.1. The van der Waals surface area contributed by atoms with Crippen LogP contribution in [0.25, 0.3) is 16.8 Å². The summed E-state index contributed by atoms with van der Waals surface area (Å²) in [5.41, 5.74) is -0.506. The number of cyclic esters (lactones) is 1. The second-order valence-electron chi connectivity index (χ2n) is 11.4. The minimum absolute atomic E-state index is 0.0545. The van der Waals surface area contributed by atoms with E-state index >= 15 is 0 Å². The largest absolute Gasteiger partial charge is 0.479 e. The molecule has 1 aromatic carbocycles. The highest BCUT2D eigenvalue weighted by atomic mass is 16.5. The number of pyridine rings is 1. The maximum atomic E-state index is 14.0. The van der Waals surface area contributed by atoms with Gasteiger partial charge in [-0.25, -0.2) is 14.6 Å². The number of alkyl carbamates (subject to hydrolysis) is 1. The lowest BCUT2D eigenvalue weighted by molar-refractivity contribution is -0.145. The van der Waals surface area contributed by atoms with Crippen molar-refractivity contribution in [3.05, 3.63) is 54.8 Å². The smallest absolute Gasteiger partial charge is 0.407 e. The Labute approximate surface area is 250 Å². The van der Waals surface area contributed by atoms with Crippen LogP contribution in [0.1, 0.15) is 57.4 Å². The Morgan fingerprint density at radius 1 is 1.30 bits per heavy atom. The van der Waals surface area contributed by atoms with Crippen LogP contribution in [0.5, 0.6) is 5.88 Å². The van der Waals surface area contributed by atoms with Crippen LogP contribution in [0.3, 0.4) is 0 Å². The first kappa shape index (κ1) is 30.1. The van der Waals surface area contributed by atoms with Crippen LogP contribution in [0.2, 0.25) is 0 Å². The molecule has 0 unspecified atom stereocenters. The summed E-state index contributed by atoms with van der Waals surface area (Å²) in [7, 11) is 0. The van der Waals surface area contributed by atoms with E-state index in [2.05, 4.69) is 22.2 Å². The molecule has 2 fully saturated rings. The van der Waals surface area contributed by atoms with Crippen molar-refractivity contribution < 1.29 is 33.8 Å². The summed E-state index contributed by atoms with van der Waals surface area (Å²) >= 11 is 0. The van der Waals surface area contributed by atoms with Crippen LogP contribution in [0, 0.1) is 5.92 Å². The van der Waals surface area contributed by atoms with E-state index in [0.29, 0.717) is 31.6 Å². The number of carboxylic acid groups (broad SMARTS) is 1. The molecule has 5 rings (SSSR count). The van der Waals surface area contributed by atoms with Crippen molar-refractivity contribution in [2.75, 3.05) is 13.2 Å². The van der Waals surface area contributed by atoms with E-state index in [9.17, 15) is 24.3 Å². The molecule has 11 heteroatoms. The van der Waals surface area contributed by atoms with Crippen LogP contribution in [-0.4, -0.2) is 75.7 Å². The van der Waals surface area contributed by atoms with E-state index in [1.54, 1.807) is 6.20 Å². The standard InChI is InChI=1S/C32H38N4O7/c1-3-5-10-25-29(38)36-19-23(17-26(36)27(37)35-32(30(39)40)18-22(32)4-2)43-28-24-16-20(11-12-21(24)13-14-33-28)9-7-6-8-15-42-31(41)34-25/h4,7,9,11-14,16,22-23,25-26H,2-3,5-6,8,10,15,17-19H2,1H3,(H,34,41)(H,35,37)(H,39,40)/b9-7+/t22-,23-,25+,26+,32-/m1/s1. The second kappa shape index (κ2) is 12.8. The molecule has 2 aliphatic heterocycles. The molecule has 0 spiro atoms. The molecule has 43 heavy (non-hydrogen) atoms. The van der Waals surface area contributed by atoms with Gasteiger partial charge in [0, 0.05) is 23.9 Å².